The first-order valence-electron chi connectivity index (χ1n) is 5.53. The maximum atomic E-state index is 5.84. The summed E-state index contributed by atoms with van der Waals surface area (Å²) in [6.45, 7) is 4.77. The van der Waals surface area contributed by atoms with Gasteiger partial charge >= 0.3 is 0 Å². The second kappa shape index (κ2) is 3.77. The first kappa shape index (κ1) is 9.78. The van der Waals surface area contributed by atoms with Crippen molar-refractivity contribution in [1.82, 2.24) is 0 Å². The monoisotopic (exact) mass is 193 g/mol. The SMILES string of the molecule is Cc1oc(C2CCCC2)c(CN)c1C. The van der Waals surface area contributed by atoms with Crippen LogP contribution in [0.15, 0.2) is 4.42 Å². The van der Waals surface area contributed by atoms with Gasteiger partial charge in [0.25, 0.3) is 0 Å². The molecule has 0 aliphatic heterocycles. The van der Waals surface area contributed by atoms with Crippen molar-refractivity contribution in [2.24, 2.45) is 5.73 Å². The van der Waals surface area contributed by atoms with E-state index in [0.29, 0.717) is 12.5 Å². The van der Waals surface area contributed by atoms with E-state index in [0.717, 1.165) is 5.76 Å². The normalized spacial score (nSPS) is 17.9. The Morgan fingerprint density at radius 1 is 1.29 bits per heavy atom. The van der Waals surface area contributed by atoms with E-state index in [2.05, 4.69) is 6.92 Å². The molecule has 0 unspecified atom stereocenters. The van der Waals surface area contributed by atoms with E-state index in [1.165, 1.54) is 42.6 Å². The minimum absolute atomic E-state index is 0.620. The van der Waals surface area contributed by atoms with Crippen LogP contribution in [0, 0.1) is 13.8 Å². The van der Waals surface area contributed by atoms with Gasteiger partial charge in [-0.15, -0.1) is 0 Å². The Balaban J connectivity index is 2.36. The molecule has 0 aromatic carbocycles. The Hall–Kier alpha value is -0.760. The maximum absolute atomic E-state index is 5.84. The van der Waals surface area contributed by atoms with E-state index < -0.39 is 0 Å². The topological polar surface area (TPSA) is 39.2 Å². The molecule has 1 aliphatic carbocycles. The van der Waals surface area contributed by atoms with Crippen LogP contribution >= 0.6 is 0 Å². The first-order valence-corrected chi connectivity index (χ1v) is 5.53. The van der Waals surface area contributed by atoms with Crippen LogP contribution < -0.4 is 5.73 Å². The van der Waals surface area contributed by atoms with Crippen LogP contribution in [0.1, 0.15) is 54.2 Å². The molecule has 0 spiro atoms. The highest BCUT2D eigenvalue weighted by molar-refractivity contribution is 5.34. The molecule has 2 nitrogen and oxygen atoms in total. The molecule has 0 bridgehead atoms. The summed E-state index contributed by atoms with van der Waals surface area (Å²) in [6.07, 6.45) is 5.24. The van der Waals surface area contributed by atoms with Gasteiger partial charge in [-0.25, -0.2) is 0 Å². The van der Waals surface area contributed by atoms with Crippen LogP contribution in [0.25, 0.3) is 0 Å². The van der Waals surface area contributed by atoms with E-state index in [1.54, 1.807) is 0 Å². The van der Waals surface area contributed by atoms with Gasteiger partial charge in [-0.3, -0.25) is 0 Å². The first-order chi connectivity index (χ1) is 6.74. The molecule has 1 aromatic rings. The third kappa shape index (κ3) is 1.48. The van der Waals surface area contributed by atoms with Gasteiger partial charge in [0.15, 0.2) is 0 Å². The summed E-state index contributed by atoms with van der Waals surface area (Å²) >= 11 is 0. The van der Waals surface area contributed by atoms with E-state index in [1.807, 2.05) is 6.92 Å². The molecule has 0 radical (unpaired) electrons. The minimum atomic E-state index is 0.620. The molecule has 0 amide bonds. The van der Waals surface area contributed by atoms with Crippen LogP contribution in [0.5, 0.6) is 0 Å². The quantitative estimate of drug-likeness (QED) is 0.784. The molecule has 1 aliphatic rings. The van der Waals surface area contributed by atoms with Crippen molar-refractivity contribution < 1.29 is 4.42 Å². The molecule has 2 heteroatoms. The molecule has 0 saturated heterocycles. The van der Waals surface area contributed by atoms with Crippen molar-refractivity contribution in [2.45, 2.75) is 52.0 Å². The molecule has 1 saturated carbocycles. The summed E-state index contributed by atoms with van der Waals surface area (Å²) in [6, 6.07) is 0. The van der Waals surface area contributed by atoms with Crippen molar-refractivity contribution in [3.8, 4) is 0 Å². The van der Waals surface area contributed by atoms with Gasteiger partial charge in [0, 0.05) is 18.0 Å². The molecule has 0 atom stereocenters. The van der Waals surface area contributed by atoms with Crippen molar-refractivity contribution in [3.05, 3.63) is 22.6 Å². The predicted octanol–water partition coefficient (Wildman–Crippen LogP) is 3.01. The predicted molar refractivity (Wildman–Crippen MR) is 57.3 cm³/mol. The highest BCUT2D eigenvalue weighted by Crippen LogP contribution is 2.38. The molecular weight excluding hydrogens is 174 g/mol. The molecule has 1 fully saturated rings. The third-order valence-electron chi connectivity index (χ3n) is 3.47. The van der Waals surface area contributed by atoms with E-state index in [4.69, 9.17) is 10.2 Å². The minimum Gasteiger partial charge on any atom is -0.465 e. The summed E-state index contributed by atoms with van der Waals surface area (Å²) < 4.78 is 5.84. The Morgan fingerprint density at radius 2 is 1.93 bits per heavy atom. The van der Waals surface area contributed by atoms with Gasteiger partial charge in [-0.1, -0.05) is 12.8 Å². The molecular formula is C12H19NO. The molecule has 78 valence electrons. The summed E-state index contributed by atoms with van der Waals surface area (Å²) in [4.78, 5) is 0. The zero-order valence-corrected chi connectivity index (χ0v) is 9.10. The van der Waals surface area contributed by atoms with Crippen LogP contribution in [0.4, 0.5) is 0 Å². The standard InChI is InChI=1S/C12H19NO/c1-8-9(2)14-12(11(8)7-13)10-5-3-4-6-10/h10H,3-7,13H2,1-2H3. The van der Waals surface area contributed by atoms with Gasteiger partial charge in [-0.2, -0.15) is 0 Å². The molecule has 2 rings (SSSR count). The van der Waals surface area contributed by atoms with Crippen LogP contribution in [-0.4, -0.2) is 0 Å². The van der Waals surface area contributed by atoms with Crippen LogP contribution in [0.3, 0.4) is 0 Å². The number of furan rings is 1. The summed E-state index contributed by atoms with van der Waals surface area (Å²) in [5.74, 6) is 2.87. The zero-order valence-electron chi connectivity index (χ0n) is 9.10. The fraction of sp³-hybridized carbons (Fsp3) is 0.667. The molecule has 14 heavy (non-hydrogen) atoms. The average Bonchev–Trinajstić information content (AvgIpc) is 2.76. The van der Waals surface area contributed by atoms with Gasteiger partial charge in [0.1, 0.15) is 11.5 Å². The average molecular weight is 193 g/mol. The highest BCUT2D eigenvalue weighted by atomic mass is 16.3. The number of nitrogens with two attached hydrogens (primary N) is 1. The van der Waals surface area contributed by atoms with Crippen molar-refractivity contribution in [2.75, 3.05) is 0 Å². The summed E-state index contributed by atoms with van der Waals surface area (Å²) in [7, 11) is 0. The van der Waals surface area contributed by atoms with Crippen molar-refractivity contribution >= 4 is 0 Å². The molecule has 1 heterocycles. The van der Waals surface area contributed by atoms with E-state index in [-0.39, 0.29) is 0 Å². The smallest absolute Gasteiger partial charge is 0.111 e. The molecule has 1 aromatic heterocycles. The largest absolute Gasteiger partial charge is 0.465 e. The van der Waals surface area contributed by atoms with Gasteiger partial charge in [0.05, 0.1) is 0 Å². The van der Waals surface area contributed by atoms with Crippen LogP contribution in [-0.2, 0) is 6.54 Å². The lowest BCUT2D eigenvalue weighted by Gasteiger charge is -2.07. The lowest BCUT2D eigenvalue weighted by Crippen LogP contribution is -2.02. The highest BCUT2D eigenvalue weighted by Gasteiger charge is 2.24. The van der Waals surface area contributed by atoms with Gasteiger partial charge in [-0.05, 0) is 32.3 Å². The summed E-state index contributed by atoms with van der Waals surface area (Å²) in [5.41, 5.74) is 8.29. The summed E-state index contributed by atoms with van der Waals surface area (Å²) in [5, 5.41) is 0. The Morgan fingerprint density at radius 3 is 2.50 bits per heavy atom. The lowest BCUT2D eigenvalue weighted by atomic mass is 9.99. The van der Waals surface area contributed by atoms with Crippen LogP contribution in [0.2, 0.25) is 0 Å². The van der Waals surface area contributed by atoms with E-state index >= 15 is 0 Å². The Bertz CT molecular complexity index is 321. The lowest BCUT2D eigenvalue weighted by molar-refractivity contribution is 0.440. The third-order valence-corrected chi connectivity index (χ3v) is 3.47. The zero-order chi connectivity index (χ0) is 10.1. The van der Waals surface area contributed by atoms with Gasteiger partial charge < -0.3 is 10.2 Å². The fourth-order valence-corrected chi connectivity index (χ4v) is 2.47. The van der Waals surface area contributed by atoms with E-state index in [9.17, 15) is 0 Å². The Kier molecular flexibility index (Phi) is 2.64. The van der Waals surface area contributed by atoms with Crippen molar-refractivity contribution in [3.63, 3.8) is 0 Å². The number of hydrogen-bond donors (Lipinski definition) is 1. The second-order valence-electron chi connectivity index (χ2n) is 4.31. The maximum Gasteiger partial charge on any atom is 0.111 e. The number of hydrogen-bond acceptors (Lipinski definition) is 2. The van der Waals surface area contributed by atoms with Crippen molar-refractivity contribution in [1.29, 1.82) is 0 Å². The number of aryl methyl sites for hydroxylation is 1. The van der Waals surface area contributed by atoms with Gasteiger partial charge in [0.2, 0.25) is 0 Å². The molecule has 2 N–H and O–H groups in total. The second-order valence-corrected chi connectivity index (χ2v) is 4.31. The Labute approximate surface area is 85.5 Å². The number of rotatable bonds is 2. The fourth-order valence-electron chi connectivity index (χ4n) is 2.47.